The van der Waals surface area contributed by atoms with Crippen LogP contribution in [0.5, 0.6) is 5.75 Å². The largest absolute Gasteiger partial charge is 0.493 e. The minimum Gasteiger partial charge on any atom is -0.493 e. The number of ether oxygens (including phenoxy) is 1. The van der Waals surface area contributed by atoms with E-state index in [0.29, 0.717) is 17.9 Å². The van der Waals surface area contributed by atoms with E-state index in [4.69, 9.17) is 10.00 Å². The van der Waals surface area contributed by atoms with Gasteiger partial charge in [0.2, 0.25) is 0 Å². The molecule has 0 unspecified atom stereocenters. The Labute approximate surface area is 83.6 Å². The highest BCUT2D eigenvalue weighted by Crippen LogP contribution is 2.24. The molecule has 14 heavy (non-hydrogen) atoms. The van der Waals surface area contributed by atoms with Crippen molar-refractivity contribution in [2.24, 2.45) is 0 Å². The summed E-state index contributed by atoms with van der Waals surface area (Å²) in [7, 11) is 0. The number of rotatable bonds is 4. The van der Waals surface area contributed by atoms with Crippen LogP contribution in [0.2, 0.25) is 0 Å². The Hall–Kier alpha value is -1.53. The molecule has 0 aromatic heterocycles. The molecule has 1 atom stereocenters. The van der Waals surface area contributed by atoms with E-state index in [2.05, 4.69) is 0 Å². The first-order valence-corrected chi connectivity index (χ1v) is 4.59. The molecule has 3 nitrogen and oxygen atoms in total. The summed E-state index contributed by atoms with van der Waals surface area (Å²) in [6.45, 7) is 2.60. The normalized spacial score (nSPS) is 11.8. The van der Waals surface area contributed by atoms with Crippen molar-refractivity contribution in [2.75, 3.05) is 6.61 Å². The van der Waals surface area contributed by atoms with Gasteiger partial charge in [0.25, 0.3) is 0 Å². The Bertz CT molecular complexity index is 330. The first kappa shape index (κ1) is 10.6. The van der Waals surface area contributed by atoms with Crippen LogP contribution in [0.25, 0.3) is 0 Å². The van der Waals surface area contributed by atoms with Gasteiger partial charge in [-0.2, -0.15) is 5.26 Å². The molecule has 74 valence electrons. The van der Waals surface area contributed by atoms with Crippen molar-refractivity contribution in [3.63, 3.8) is 0 Å². The number of benzene rings is 1. The van der Waals surface area contributed by atoms with Crippen molar-refractivity contribution in [2.45, 2.75) is 19.4 Å². The standard InChI is InChI=1S/C11H13NO2/c1-2-7-14-11-6-4-3-5-9(11)10(13)8-12/h3-6,10,13H,2,7H2,1H3/t10-/m0/s1. The van der Waals surface area contributed by atoms with Crippen molar-refractivity contribution in [3.05, 3.63) is 29.8 Å². The van der Waals surface area contributed by atoms with Crippen molar-refractivity contribution in [3.8, 4) is 11.8 Å². The lowest BCUT2D eigenvalue weighted by Crippen LogP contribution is -2.01. The van der Waals surface area contributed by atoms with E-state index in [1.165, 1.54) is 0 Å². The van der Waals surface area contributed by atoms with E-state index < -0.39 is 6.10 Å². The molecule has 0 aliphatic heterocycles. The van der Waals surface area contributed by atoms with E-state index in [1.807, 2.05) is 13.0 Å². The lowest BCUT2D eigenvalue weighted by molar-refractivity contribution is 0.224. The summed E-state index contributed by atoms with van der Waals surface area (Å²) < 4.78 is 5.40. The summed E-state index contributed by atoms with van der Waals surface area (Å²) in [6, 6.07) is 8.81. The first-order valence-electron chi connectivity index (χ1n) is 4.59. The summed E-state index contributed by atoms with van der Waals surface area (Å²) in [5.41, 5.74) is 0.531. The van der Waals surface area contributed by atoms with E-state index in [0.717, 1.165) is 6.42 Å². The summed E-state index contributed by atoms with van der Waals surface area (Å²) in [5, 5.41) is 18.0. The number of nitriles is 1. The zero-order valence-corrected chi connectivity index (χ0v) is 8.10. The molecule has 1 rings (SSSR count). The van der Waals surface area contributed by atoms with Gasteiger partial charge in [0.1, 0.15) is 5.75 Å². The fourth-order valence-corrected chi connectivity index (χ4v) is 1.12. The van der Waals surface area contributed by atoms with Crippen LogP contribution in [0.3, 0.4) is 0 Å². The van der Waals surface area contributed by atoms with Gasteiger partial charge in [0.15, 0.2) is 6.10 Å². The number of para-hydroxylation sites is 1. The van der Waals surface area contributed by atoms with Gasteiger partial charge in [-0.3, -0.25) is 0 Å². The number of nitrogens with zero attached hydrogens (tertiary/aromatic N) is 1. The summed E-state index contributed by atoms with van der Waals surface area (Å²) >= 11 is 0. The van der Waals surface area contributed by atoms with E-state index in [1.54, 1.807) is 24.3 Å². The Morgan fingerprint density at radius 2 is 2.21 bits per heavy atom. The predicted molar refractivity (Wildman–Crippen MR) is 52.8 cm³/mol. The molecule has 0 radical (unpaired) electrons. The Morgan fingerprint density at radius 3 is 2.86 bits per heavy atom. The molecule has 0 fully saturated rings. The smallest absolute Gasteiger partial charge is 0.169 e. The van der Waals surface area contributed by atoms with Gasteiger partial charge in [-0.05, 0) is 12.5 Å². The van der Waals surface area contributed by atoms with Gasteiger partial charge in [-0.25, -0.2) is 0 Å². The predicted octanol–water partition coefficient (Wildman–Crippen LogP) is 2.03. The number of aliphatic hydroxyl groups excluding tert-OH is 1. The van der Waals surface area contributed by atoms with Crippen LogP contribution >= 0.6 is 0 Å². The van der Waals surface area contributed by atoms with Crippen molar-refractivity contribution in [1.29, 1.82) is 5.26 Å². The lowest BCUT2D eigenvalue weighted by atomic mass is 10.1. The van der Waals surface area contributed by atoms with Crippen LogP contribution in [0.15, 0.2) is 24.3 Å². The zero-order chi connectivity index (χ0) is 10.4. The molecule has 0 aliphatic rings. The van der Waals surface area contributed by atoms with Gasteiger partial charge in [0.05, 0.1) is 12.7 Å². The van der Waals surface area contributed by atoms with E-state index in [-0.39, 0.29) is 0 Å². The minimum atomic E-state index is -1.11. The Morgan fingerprint density at radius 1 is 1.50 bits per heavy atom. The molecular formula is C11H13NO2. The van der Waals surface area contributed by atoms with Crippen molar-refractivity contribution < 1.29 is 9.84 Å². The highest BCUT2D eigenvalue weighted by Gasteiger charge is 2.11. The number of hydrogen-bond donors (Lipinski definition) is 1. The summed E-state index contributed by atoms with van der Waals surface area (Å²) in [6.07, 6.45) is -0.208. The van der Waals surface area contributed by atoms with Gasteiger partial charge >= 0.3 is 0 Å². The summed E-state index contributed by atoms with van der Waals surface area (Å²) in [4.78, 5) is 0. The van der Waals surface area contributed by atoms with Crippen molar-refractivity contribution >= 4 is 0 Å². The Kier molecular flexibility index (Phi) is 3.96. The third-order valence-electron chi connectivity index (χ3n) is 1.80. The molecule has 1 aromatic carbocycles. The molecule has 0 spiro atoms. The van der Waals surface area contributed by atoms with Crippen molar-refractivity contribution in [1.82, 2.24) is 0 Å². The van der Waals surface area contributed by atoms with Crippen LogP contribution < -0.4 is 4.74 Å². The molecular weight excluding hydrogens is 178 g/mol. The molecule has 0 saturated carbocycles. The fourth-order valence-electron chi connectivity index (χ4n) is 1.12. The molecule has 0 aliphatic carbocycles. The second-order valence-electron chi connectivity index (χ2n) is 2.92. The Balaban J connectivity index is 2.86. The zero-order valence-electron chi connectivity index (χ0n) is 8.10. The topological polar surface area (TPSA) is 53.2 Å². The highest BCUT2D eigenvalue weighted by atomic mass is 16.5. The maximum absolute atomic E-state index is 9.37. The molecule has 0 saturated heterocycles. The van der Waals surface area contributed by atoms with Crippen LogP contribution in [0, 0.1) is 11.3 Å². The van der Waals surface area contributed by atoms with Crippen LogP contribution in [-0.2, 0) is 0 Å². The first-order chi connectivity index (χ1) is 6.79. The maximum atomic E-state index is 9.37. The van der Waals surface area contributed by atoms with Gasteiger partial charge in [-0.15, -0.1) is 0 Å². The molecule has 0 heterocycles. The summed E-state index contributed by atoms with van der Waals surface area (Å²) in [5.74, 6) is 0.586. The molecule has 0 bridgehead atoms. The average Bonchev–Trinajstić information content (AvgIpc) is 2.25. The van der Waals surface area contributed by atoms with Crippen LogP contribution in [0.1, 0.15) is 25.0 Å². The third kappa shape index (κ3) is 2.48. The molecule has 1 aromatic rings. The van der Waals surface area contributed by atoms with Gasteiger partial charge in [-0.1, -0.05) is 25.1 Å². The molecule has 1 N–H and O–H groups in total. The van der Waals surface area contributed by atoms with E-state index >= 15 is 0 Å². The second kappa shape index (κ2) is 5.25. The van der Waals surface area contributed by atoms with Gasteiger partial charge in [0, 0.05) is 5.56 Å². The maximum Gasteiger partial charge on any atom is 0.169 e. The van der Waals surface area contributed by atoms with Gasteiger partial charge < -0.3 is 9.84 Å². The highest BCUT2D eigenvalue weighted by molar-refractivity contribution is 5.37. The SMILES string of the molecule is CCCOc1ccccc1[C@@H](O)C#N. The number of hydrogen-bond acceptors (Lipinski definition) is 3. The second-order valence-corrected chi connectivity index (χ2v) is 2.92. The molecule has 3 heteroatoms. The van der Waals surface area contributed by atoms with E-state index in [9.17, 15) is 5.11 Å². The third-order valence-corrected chi connectivity index (χ3v) is 1.80. The lowest BCUT2D eigenvalue weighted by Gasteiger charge is -2.10. The quantitative estimate of drug-likeness (QED) is 0.741. The minimum absolute atomic E-state index is 0.531. The monoisotopic (exact) mass is 191 g/mol. The number of aliphatic hydroxyl groups is 1. The van der Waals surface area contributed by atoms with Crippen LogP contribution in [0.4, 0.5) is 0 Å². The fraction of sp³-hybridized carbons (Fsp3) is 0.364. The average molecular weight is 191 g/mol. The molecule has 0 amide bonds. The van der Waals surface area contributed by atoms with Crippen LogP contribution in [-0.4, -0.2) is 11.7 Å².